The van der Waals surface area contributed by atoms with Crippen molar-refractivity contribution in [3.05, 3.63) is 0 Å². The van der Waals surface area contributed by atoms with Crippen molar-refractivity contribution in [1.82, 2.24) is 5.32 Å². The van der Waals surface area contributed by atoms with E-state index in [0.29, 0.717) is 39.6 Å². The Kier molecular flexibility index (Phi) is 17.3. The molecule has 0 amide bonds. The van der Waals surface area contributed by atoms with Gasteiger partial charge in [0.05, 0.1) is 13.2 Å². The zero-order valence-electron chi connectivity index (χ0n) is 11.2. The third-order valence-corrected chi connectivity index (χ3v) is 2.04. The lowest BCUT2D eigenvalue weighted by Crippen LogP contribution is -2.20. The molecule has 0 saturated heterocycles. The van der Waals surface area contributed by atoms with E-state index in [0.717, 1.165) is 25.9 Å². The molecule has 0 rings (SSSR count). The summed E-state index contributed by atoms with van der Waals surface area (Å²) in [6.07, 6.45) is 1.87. The van der Waals surface area contributed by atoms with Crippen LogP contribution in [-0.4, -0.2) is 52.7 Å². The highest BCUT2D eigenvalue weighted by atomic mass is 17.3. The van der Waals surface area contributed by atoms with Gasteiger partial charge in [0, 0.05) is 13.2 Å². The minimum absolute atomic E-state index is 0.334. The molecule has 0 aliphatic carbocycles. The Balaban J connectivity index is 2.88. The fraction of sp³-hybridized carbons (Fsp3) is 1.00. The van der Waals surface area contributed by atoms with Crippen molar-refractivity contribution in [3.63, 3.8) is 0 Å². The van der Waals surface area contributed by atoms with Crippen molar-refractivity contribution < 1.29 is 29.2 Å². The average molecular weight is 283 g/mol. The Hall–Kier alpha value is -0.360. The summed E-state index contributed by atoms with van der Waals surface area (Å²) in [6.45, 7) is 4.76. The van der Waals surface area contributed by atoms with E-state index in [1.807, 2.05) is 0 Å². The SMILES string of the molecule is NOOCCOCCCNCCCOCCOON. The first-order valence-electron chi connectivity index (χ1n) is 6.24. The van der Waals surface area contributed by atoms with Crippen molar-refractivity contribution in [2.75, 3.05) is 52.7 Å². The predicted molar refractivity (Wildman–Crippen MR) is 66.2 cm³/mol. The number of ether oxygens (including phenoxy) is 2. The van der Waals surface area contributed by atoms with E-state index in [4.69, 9.17) is 9.47 Å². The van der Waals surface area contributed by atoms with Gasteiger partial charge in [0.1, 0.15) is 13.2 Å². The molecule has 9 nitrogen and oxygen atoms in total. The topological polar surface area (TPSA) is 119 Å². The van der Waals surface area contributed by atoms with Crippen molar-refractivity contribution in [3.8, 4) is 0 Å². The molecule has 9 heteroatoms. The van der Waals surface area contributed by atoms with Gasteiger partial charge in [0.15, 0.2) is 0 Å². The van der Waals surface area contributed by atoms with Crippen molar-refractivity contribution in [2.24, 2.45) is 11.8 Å². The van der Waals surface area contributed by atoms with Gasteiger partial charge >= 0.3 is 0 Å². The van der Waals surface area contributed by atoms with Crippen LogP contribution in [0.4, 0.5) is 0 Å². The zero-order valence-corrected chi connectivity index (χ0v) is 11.2. The van der Waals surface area contributed by atoms with Gasteiger partial charge in [0.25, 0.3) is 0 Å². The van der Waals surface area contributed by atoms with Gasteiger partial charge in [-0.05, 0) is 25.9 Å². The highest BCUT2D eigenvalue weighted by Crippen LogP contribution is 1.85. The molecule has 0 aliphatic rings. The molecule has 0 bridgehead atoms. The smallest absolute Gasteiger partial charge is 0.108 e. The first-order valence-corrected chi connectivity index (χ1v) is 6.24. The fourth-order valence-electron chi connectivity index (χ4n) is 1.21. The van der Waals surface area contributed by atoms with Crippen LogP contribution in [0.15, 0.2) is 0 Å². The Bertz CT molecular complexity index is 150. The lowest BCUT2D eigenvalue weighted by atomic mass is 10.4. The molecule has 0 atom stereocenters. The van der Waals surface area contributed by atoms with Gasteiger partial charge in [0.2, 0.25) is 0 Å². The summed E-state index contributed by atoms with van der Waals surface area (Å²) < 4.78 is 10.5. The summed E-state index contributed by atoms with van der Waals surface area (Å²) in [4.78, 5) is 16.7. The second-order valence-electron chi connectivity index (χ2n) is 3.52. The Labute approximate surface area is 113 Å². The molecule has 5 N–H and O–H groups in total. The number of nitrogens with two attached hydrogens (primary N) is 2. The molecule has 0 aromatic carbocycles. The summed E-state index contributed by atoms with van der Waals surface area (Å²) in [5.41, 5.74) is 0. The second kappa shape index (κ2) is 17.6. The molecule has 0 aromatic rings. The van der Waals surface area contributed by atoms with E-state index >= 15 is 0 Å². The van der Waals surface area contributed by atoms with Gasteiger partial charge in [-0.25, -0.2) is 9.78 Å². The summed E-state index contributed by atoms with van der Waals surface area (Å²) in [5, 5.41) is 3.28. The van der Waals surface area contributed by atoms with Crippen molar-refractivity contribution >= 4 is 0 Å². The lowest BCUT2D eigenvalue weighted by Gasteiger charge is -2.06. The van der Waals surface area contributed by atoms with Gasteiger partial charge in [-0.1, -0.05) is 0 Å². The van der Waals surface area contributed by atoms with E-state index in [9.17, 15) is 0 Å². The van der Waals surface area contributed by atoms with Gasteiger partial charge < -0.3 is 14.8 Å². The highest BCUT2D eigenvalue weighted by molar-refractivity contribution is 4.47. The summed E-state index contributed by atoms with van der Waals surface area (Å²) in [7, 11) is 0. The van der Waals surface area contributed by atoms with Crippen LogP contribution in [0.1, 0.15) is 12.8 Å². The van der Waals surface area contributed by atoms with Crippen LogP contribution in [0.3, 0.4) is 0 Å². The number of hydrogen-bond donors (Lipinski definition) is 3. The largest absolute Gasteiger partial charge is 0.379 e. The molecular weight excluding hydrogens is 258 g/mol. The van der Waals surface area contributed by atoms with E-state index in [2.05, 4.69) is 36.9 Å². The first-order chi connectivity index (χ1) is 9.41. The van der Waals surface area contributed by atoms with E-state index < -0.39 is 0 Å². The third-order valence-electron chi connectivity index (χ3n) is 2.04. The van der Waals surface area contributed by atoms with E-state index in [1.54, 1.807) is 0 Å². The maximum absolute atomic E-state index is 5.26. The zero-order chi connectivity index (χ0) is 14.0. The van der Waals surface area contributed by atoms with Crippen LogP contribution < -0.4 is 17.1 Å². The molecule has 0 spiro atoms. The van der Waals surface area contributed by atoms with Gasteiger partial charge in [-0.3, -0.25) is 0 Å². The molecule has 0 radical (unpaired) electrons. The van der Waals surface area contributed by atoms with Crippen LogP contribution in [0.2, 0.25) is 0 Å². The van der Waals surface area contributed by atoms with Gasteiger partial charge in [-0.15, -0.1) is 9.98 Å². The minimum atomic E-state index is 0.334. The quantitative estimate of drug-likeness (QED) is 0.187. The number of hydrogen-bond acceptors (Lipinski definition) is 9. The Morgan fingerprint density at radius 2 is 1.11 bits per heavy atom. The fourth-order valence-corrected chi connectivity index (χ4v) is 1.21. The summed E-state index contributed by atoms with van der Waals surface area (Å²) in [5.74, 6) is 9.33. The summed E-state index contributed by atoms with van der Waals surface area (Å²) >= 11 is 0. The standard InChI is InChI=1S/C10H25N3O6/c11-18-16-9-7-14-5-1-3-13-4-2-6-15-8-10-17-19-12/h13H,1-12H2. The Morgan fingerprint density at radius 1 is 0.632 bits per heavy atom. The normalized spacial score (nSPS) is 11.1. The average Bonchev–Trinajstić information content (AvgIpc) is 2.43. The molecule has 0 unspecified atom stereocenters. The first kappa shape index (κ1) is 18.6. The molecule has 0 aliphatic heterocycles. The van der Waals surface area contributed by atoms with Crippen molar-refractivity contribution in [1.29, 1.82) is 0 Å². The van der Waals surface area contributed by atoms with Crippen LogP contribution in [0.5, 0.6) is 0 Å². The van der Waals surface area contributed by atoms with Crippen LogP contribution in [0.25, 0.3) is 0 Å². The van der Waals surface area contributed by atoms with Gasteiger partial charge in [-0.2, -0.15) is 11.8 Å². The minimum Gasteiger partial charge on any atom is -0.379 e. The second-order valence-corrected chi connectivity index (χ2v) is 3.52. The molecule has 0 heterocycles. The highest BCUT2D eigenvalue weighted by Gasteiger charge is 1.92. The molecule has 19 heavy (non-hydrogen) atoms. The maximum Gasteiger partial charge on any atom is 0.108 e. The predicted octanol–water partition coefficient (Wildman–Crippen LogP) is -0.967. The maximum atomic E-state index is 5.26. The summed E-state index contributed by atoms with van der Waals surface area (Å²) in [6, 6.07) is 0. The van der Waals surface area contributed by atoms with E-state index in [-0.39, 0.29) is 0 Å². The Morgan fingerprint density at radius 3 is 1.53 bits per heavy atom. The van der Waals surface area contributed by atoms with Crippen LogP contribution in [-0.2, 0) is 29.2 Å². The molecular formula is C10H25N3O6. The molecule has 0 fully saturated rings. The van der Waals surface area contributed by atoms with Crippen LogP contribution in [0, 0.1) is 0 Å². The number of rotatable bonds is 16. The number of nitrogens with one attached hydrogen (secondary N) is 1. The molecule has 116 valence electrons. The molecule has 0 aromatic heterocycles. The third kappa shape index (κ3) is 17.6. The van der Waals surface area contributed by atoms with Crippen molar-refractivity contribution in [2.45, 2.75) is 12.8 Å². The van der Waals surface area contributed by atoms with E-state index in [1.165, 1.54) is 0 Å². The lowest BCUT2D eigenvalue weighted by molar-refractivity contribution is -0.304. The molecule has 0 saturated carbocycles. The monoisotopic (exact) mass is 283 g/mol. The van der Waals surface area contributed by atoms with Crippen LogP contribution >= 0.6 is 0 Å².